The standard InChI is InChI=1S/C21H26ClN3O4/c1-3-24-8-6-21(13-24)7-9-25(14-21)20(26)18-11-16(29-23-18)12-28-19-5-4-15(27-2)10-17(19)22/h4-5,10-11H,3,6-9,12-14H2,1-2H3. The fraction of sp³-hybridized carbons (Fsp3) is 0.524. The Labute approximate surface area is 175 Å². The predicted molar refractivity (Wildman–Crippen MR) is 109 cm³/mol. The fourth-order valence-corrected chi connectivity index (χ4v) is 4.48. The van der Waals surface area contributed by atoms with Gasteiger partial charge in [-0.05, 0) is 38.1 Å². The number of hydrogen-bond acceptors (Lipinski definition) is 6. The molecular formula is C21H26ClN3O4. The number of hydrogen-bond donors (Lipinski definition) is 0. The summed E-state index contributed by atoms with van der Waals surface area (Å²) < 4.78 is 16.1. The lowest BCUT2D eigenvalue weighted by Crippen LogP contribution is -2.34. The molecule has 1 unspecified atom stereocenters. The Morgan fingerprint density at radius 3 is 2.83 bits per heavy atom. The van der Waals surface area contributed by atoms with Gasteiger partial charge in [-0.25, -0.2) is 0 Å². The van der Waals surface area contributed by atoms with Crippen molar-refractivity contribution in [2.24, 2.45) is 5.41 Å². The Morgan fingerprint density at radius 2 is 2.10 bits per heavy atom. The van der Waals surface area contributed by atoms with Crippen molar-refractivity contribution >= 4 is 17.5 Å². The molecule has 0 saturated carbocycles. The Morgan fingerprint density at radius 1 is 1.28 bits per heavy atom. The van der Waals surface area contributed by atoms with Crippen LogP contribution in [0.15, 0.2) is 28.8 Å². The van der Waals surface area contributed by atoms with Crippen molar-refractivity contribution in [2.45, 2.75) is 26.4 Å². The monoisotopic (exact) mass is 419 g/mol. The summed E-state index contributed by atoms with van der Waals surface area (Å²) in [6.07, 6.45) is 2.21. The molecule has 1 spiro atoms. The molecule has 1 aromatic heterocycles. The van der Waals surface area contributed by atoms with Crippen LogP contribution in [0.3, 0.4) is 0 Å². The second-order valence-corrected chi connectivity index (χ2v) is 8.27. The second kappa shape index (κ2) is 8.24. The second-order valence-electron chi connectivity index (χ2n) is 7.86. The molecule has 0 radical (unpaired) electrons. The van der Waals surface area contributed by atoms with Crippen molar-refractivity contribution < 1.29 is 18.8 Å². The zero-order valence-electron chi connectivity index (χ0n) is 16.8. The van der Waals surface area contributed by atoms with Crippen molar-refractivity contribution in [3.8, 4) is 11.5 Å². The van der Waals surface area contributed by atoms with Gasteiger partial charge in [-0.1, -0.05) is 23.7 Å². The highest BCUT2D eigenvalue weighted by atomic mass is 35.5. The van der Waals surface area contributed by atoms with E-state index in [1.54, 1.807) is 31.4 Å². The average Bonchev–Trinajstić information content (AvgIpc) is 3.47. The zero-order valence-corrected chi connectivity index (χ0v) is 17.6. The molecule has 0 bridgehead atoms. The number of likely N-dealkylation sites (tertiary alicyclic amines) is 2. The van der Waals surface area contributed by atoms with Crippen LogP contribution >= 0.6 is 11.6 Å². The Hall–Kier alpha value is -2.25. The predicted octanol–water partition coefficient (Wildman–Crippen LogP) is 3.47. The highest BCUT2D eigenvalue weighted by molar-refractivity contribution is 6.32. The molecule has 8 heteroatoms. The van der Waals surface area contributed by atoms with Crippen molar-refractivity contribution in [1.29, 1.82) is 0 Å². The van der Waals surface area contributed by atoms with Gasteiger partial charge >= 0.3 is 0 Å². The highest BCUT2D eigenvalue weighted by Gasteiger charge is 2.44. The summed E-state index contributed by atoms with van der Waals surface area (Å²) in [6.45, 7) is 7.17. The molecular weight excluding hydrogens is 394 g/mol. The lowest BCUT2D eigenvalue weighted by Gasteiger charge is -2.24. The molecule has 1 aromatic carbocycles. The third-order valence-electron chi connectivity index (χ3n) is 5.98. The van der Waals surface area contributed by atoms with Crippen molar-refractivity contribution in [2.75, 3.05) is 39.8 Å². The van der Waals surface area contributed by atoms with Crippen LogP contribution in [0.5, 0.6) is 11.5 Å². The van der Waals surface area contributed by atoms with Crippen LogP contribution < -0.4 is 9.47 Å². The first-order valence-corrected chi connectivity index (χ1v) is 10.3. The first-order valence-electron chi connectivity index (χ1n) is 9.95. The number of ether oxygens (including phenoxy) is 2. The van der Waals surface area contributed by atoms with E-state index in [0.717, 1.165) is 45.6 Å². The van der Waals surface area contributed by atoms with E-state index in [9.17, 15) is 4.79 Å². The summed E-state index contributed by atoms with van der Waals surface area (Å²) >= 11 is 6.18. The van der Waals surface area contributed by atoms with Crippen LogP contribution in [0.25, 0.3) is 0 Å². The van der Waals surface area contributed by atoms with Gasteiger partial charge in [0.05, 0.1) is 12.1 Å². The number of aromatic nitrogens is 1. The molecule has 1 atom stereocenters. The average molecular weight is 420 g/mol. The first kappa shape index (κ1) is 20.0. The molecule has 2 aliphatic rings. The van der Waals surface area contributed by atoms with Crippen LogP contribution in [0.1, 0.15) is 36.0 Å². The normalized spacial score (nSPS) is 21.8. The molecule has 0 N–H and O–H groups in total. The maximum atomic E-state index is 12.9. The summed E-state index contributed by atoms with van der Waals surface area (Å²) in [7, 11) is 1.58. The molecule has 2 aromatic rings. The lowest BCUT2D eigenvalue weighted by atomic mass is 9.86. The Balaban J connectivity index is 1.35. The van der Waals surface area contributed by atoms with E-state index < -0.39 is 0 Å². The minimum Gasteiger partial charge on any atom is -0.497 e. The maximum absolute atomic E-state index is 12.9. The fourth-order valence-electron chi connectivity index (χ4n) is 4.26. The van der Waals surface area contributed by atoms with E-state index in [1.807, 2.05) is 4.90 Å². The van der Waals surface area contributed by atoms with Crippen molar-refractivity contribution in [3.63, 3.8) is 0 Å². The first-order chi connectivity index (χ1) is 14.0. The molecule has 7 nitrogen and oxygen atoms in total. The van der Waals surface area contributed by atoms with E-state index in [1.165, 1.54) is 0 Å². The molecule has 2 aliphatic heterocycles. The highest BCUT2D eigenvalue weighted by Crippen LogP contribution is 2.39. The number of nitrogens with zero attached hydrogens (tertiary/aromatic N) is 3. The van der Waals surface area contributed by atoms with Crippen LogP contribution in [-0.4, -0.2) is 60.7 Å². The SMILES string of the molecule is CCN1CCC2(CCN(C(=O)c3cc(COc4ccc(OC)cc4Cl)on3)C2)C1. The van der Waals surface area contributed by atoms with E-state index in [4.69, 9.17) is 25.6 Å². The Kier molecular flexibility index (Phi) is 5.69. The number of methoxy groups -OCH3 is 1. The van der Waals surface area contributed by atoms with Gasteiger partial charge in [-0.2, -0.15) is 0 Å². The van der Waals surface area contributed by atoms with Gasteiger partial charge in [0.2, 0.25) is 0 Å². The summed E-state index contributed by atoms with van der Waals surface area (Å²) in [5.74, 6) is 1.57. The molecule has 1 amide bonds. The molecule has 156 valence electrons. The van der Waals surface area contributed by atoms with Gasteiger partial charge in [0, 0.05) is 37.2 Å². The Bertz CT molecular complexity index is 887. The van der Waals surface area contributed by atoms with Crippen molar-refractivity contribution in [1.82, 2.24) is 15.0 Å². The van der Waals surface area contributed by atoms with E-state index in [0.29, 0.717) is 28.0 Å². The van der Waals surface area contributed by atoms with Crippen molar-refractivity contribution in [3.05, 3.63) is 40.7 Å². The van der Waals surface area contributed by atoms with Gasteiger partial charge in [0.25, 0.3) is 5.91 Å². The summed E-state index contributed by atoms with van der Waals surface area (Å²) in [6, 6.07) is 6.83. The summed E-state index contributed by atoms with van der Waals surface area (Å²) in [5, 5.41) is 4.40. The smallest absolute Gasteiger partial charge is 0.276 e. The maximum Gasteiger partial charge on any atom is 0.276 e. The number of halogens is 1. The third-order valence-corrected chi connectivity index (χ3v) is 6.27. The minimum atomic E-state index is -0.0747. The van der Waals surface area contributed by atoms with Gasteiger partial charge in [0.15, 0.2) is 11.5 Å². The number of carbonyl (C=O) groups is 1. The van der Waals surface area contributed by atoms with Gasteiger partial charge in [-0.15, -0.1) is 0 Å². The zero-order chi connectivity index (χ0) is 20.4. The van der Waals surface area contributed by atoms with E-state index in [-0.39, 0.29) is 17.9 Å². The number of rotatable bonds is 6. The lowest BCUT2D eigenvalue weighted by molar-refractivity contribution is 0.0763. The van der Waals surface area contributed by atoms with Crippen LogP contribution in [0.2, 0.25) is 5.02 Å². The molecule has 2 fully saturated rings. The van der Waals surface area contributed by atoms with Gasteiger partial charge in [0.1, 0.15) is 18.1 Å². The van der Waals surface area contributed by atoms with Crippen LogP contribution in [0.4, 0.5) is 0 Å². The molecule has 29 heavy (non-hydrogen) atoms. The topological polar surface area (TPSA) is 68.0 Å². The van der Waals surface area contributed by atoms with Gasteiger partial charge < -0.3 is 23.8 Å². The summed E-state index contributed by atoms with van der Waals surface area (Å²) in [4.78, 5) is 17.2. The van der Waals surface area contributed by atoms with Crippen LogP contribution in [0, 0.1) is 5.41 Å². The molecule has 0 aliphatic carbocycles. The largest absolute Gasteiger partial charge is 0.497 e. The number of benzene rings is 1. The minimum absolute atomic E-state index is 0.0747. The molecule has 4 rings (SSSR count). The third kappa shape index (κ3) is 4.21. The number of carbonyl (C=O) groups excluding carboxylic acids is 1. The quantitative estimate of drug-likeness (QED) is 0.714. The molecule has 3 heterocycles. The van der Waals surface area contributed by atoms with E-state index in [2.05, 4.69) is 17.0 Å². The van der Waals surface area contributed by atoms with Gasteiger partial charge in [-0.3, -0.25) is 4.79 Å². The van der Waals surface area contributed by atoms with E-state index >= 15 is 0 Å². The summed E-state index contributed by atoms with van der Waals surface area (Å²) in [5.41, 5.74) is 0.568. The van der Waals surface area contributed by atoms with Crippen LogP contribution in [-0.2, 0) is 6.61 Å². The molecule has 2 saturated heterocycles. The number of amides is 1.